The number of nitrogens with one attached hydrogen (secondary N) is 1. The topological polar surface area (TPSA) is 44.8 Å². The second kappa shape index (κ2) is 7.57. The fourth-order valence-electron chi connectivity index (χ4n) is 4.93. The fraction of sp³-hybridized carbons (Fsp3) is 0.667. The number of hydrogen-bond donors (Lipinski definition) is 1. The van der Waals surface area contributed by atoms with Crippen LogP contribution in [-0.4, -0.2) is 54.2 Å². The second-order valence-electron chi connectivity index (χ2n) is 8.38. The van der Waals surface area contributed by atoms with Crippen LogP contribution in [0.15, 0.2) is 24.3 Å². The van der Waals surface area contributed by atoms with Gasteiger partial charge in [-0.1, -0.05) is 18.6 Å². The van der Waals surface area contributed by atoms with E-state index < -0.39 is 0 Å². The van der Waals surface area contributed by atoms with E-state index in [0.717, 1.165) is 24.3 Å². The number of nitrogens with zero attached hydrogens (tertiary/aromatic N) is 2. The SMILES string of the molecule is CC(C)OCc1cccc(NC(=O)N2C[C@@H]3CN4CCCC[C@@H]4[C@@H]3C2)c1. The quantitative estimate of drug-likeness (QED) is 0.896. The second-order valence-corrected chi connectivity index (χ2v) is 8.38. The van der Waals surface area contributed by atoms with Crippen LogP contribution in [0.25, 0.3) is 0 Å². The lowest BCUT2D eigenvalue weighted by atomic mass is 9.90. The Morgan fingerprint density at radius 1 is 1.27 bits per heavy atom. The van der Waals surface area contributed by atoms with Gasteiger partial charge in [0.25, 0.3) is 0 Å². The Hall–Kier alpha value is -1.59. The van der Waals surface area contributed by atoms with Crippen LogP contribution in [0.3, 0.4) is 0 Å². The maximum Gasteiger partial charge on any atom is 0.321 e. The van der Waals surface area contributed by atoms with Gasteiger partial charge in [0.15, 0.2) is 0 Å². The summed E-state index contributed by atoms with van der Waals surface area (Å²) in [5.74, 6) is 1.33. The van der Waals surface area contributed by atoms with Crippen LogP contribution in [0.2, 0.25) is 0 Å². The van der Waals surface area contributed by atoms with Gasteiger partial charge in [-0.25, -0.2) is 4.79 Å². The molecular weight excluding hydrogens is 326 g/mol. The maximum absolute atomic E-state index is 12.8. The Balaban J connectivity index is 1.34. The number of benzene rings is 1. The number of carbonyl (C=O) groups is 1. The number of anilines is 1. The molecule has 3 fully saturated rings. The standard InChI is InChI=1S/C21H31N3O2/c1-15(2)26-14-16-6-5-7-18(10-16)22-21(25)24-12-17-11-23-9-4-3-8-20(23)19(17)13-24/h5-7,10,15,17,19-20H,3-4,8-9,11-14H2,1-2H3,(H,22,25)/t17-,19+,20+/m0/s1. The number of rotatable bonds is 4. The molecule has 0 bridgehead atoms. The van der Waals surface area contributed by atoms with Crippen molar-refractivity contribution in [2.45, 2.75) is 51.9 Å². The Morgan fingerprint density at radius 2 is 2.15 bits per heavy atom. The van der Waals surface area contributed by atoms with Gasteiger partial charge >= 0.3 is 6.03 Å². The van der Waals surface area contributed by atoms with Gasteiger partial charge in [0.2, 0.25) is 0 Å². The number of amides is 2. The molecule has 0 spiro atoms. The summed E-state index contributed by atoms with van der Waals surface area (Å²) in [5, 5.41) is 3.09. The Morgan fingerprint density at radius 3 is 3.00 bits per heavy atom. The Labute approximate surface area is 156 Å². The highest BCUT2D eigenvalue weighted by molar-refractivity contribution is 5.89. The fourth-order valence-corrected chi connectivity index (χ4v) is 4.93. The van der Waals surface area contributed by atoms with E-state index >= 15 is 0 Å². The van der Waals surface area contributed by atoms with E-state index in [1.54, 1.807) is 0 Å². The van der Waals surface area contributed by atoms with Crippen LogP contribution in [0, 0.1) is 11.8 Å². The summed E-state index contributed by atoms with van der Waals surface area (Å²) in [5.41, 5.74) is 1.95. The predicted octanol–water partition coefficient (Wildman–Crippen LogP) is 3.56. The largest absolute Gasteiger partial charge is 0.374 e. The predicted molar refractivity (Wildman–Crippen MR) is 103 cm³/mol. The third kappa shape index (κ3) is 3.74. The first-order valence-electron chi connectivity index (χ1n) is 10.1. The van der Waals surface area contributed by atoms with E-state index in [2.05, 4.69) is 10.2 Å². The smallest absolute Gasteiger partial charge is 0.321 e. The molecular formula is C21H31N3O2. The lowest BCUT2D eigenvalue weighted by Crippen LogP contribution is -2.41. The minimum absolute atomic E-state index is 0.0451. The van der Waals surface area contributed by atoms with Gasteiger partial charge in [-0.15, -0.1) is 0 Å². The third-order valence-electron chi connectivity index (χ3n) is 6.17. The first kappa shape index (κ1) is 17.8. The zero-order valence-corrected chi connectivity index (χ0v) is 16.0. The molecule has 0 aromatic heterocycles. The first-order valence-corrected chi connectivity index (χ1v) is 10.1. The lowest BCUT2D eigenvalue weighted by molar-refractivity contribution is 0.0657. The molecule has 1 aromatic carbocycles. The van der Waals surface area contributed by atoms with Gasteiger partial charge in [0.1, 0.15) is 0 Å². The van der Waals surface area contributed by atoms with Gasteiger partial charge < -0.3 is 15.0 Å². The van der Waals surface area contributed by atoms with Crippen molar-refractivity contribution in [3.05, 3.63) is 29.8 Å². The van der Waals surface area contributed by atoms with Crippen LogP contribution in [-0.2, 0) is 11.3 Å². The molecule has 3 heterocycles. The van der Waals surface area contributed by atoms with E-state index in [9.17, 15) is 4.79 Å². The van der Waals surface area contributed by atoms with E-state index in [1.165, 1.54) is 32.4 Å². The van der Waals surface area contributed by atoms with Gasteiger partial charge in [-0.2, -0.15) is 0 Å². The summed E-state index contributed by atoms with van der Waals surface area (Å²) in [6, 6.07) is 8.74. The highest BCUT2D eigenvalue weighted by atomic mass is 16.5. The molecule has 5 heteroatoms. The number of fused-ring (bicyclic) bond motifs is 3. The average molecular weight is 357 g/mol. The van der Waals surface area contributed by atoms with Gasteiger partial charge in [0.05, 0.1) is 12.7 Å². The molecule has 0 saturated carbocycles. The van der Waals surface area contributed by atoms with Crippen molar-refractivity contribution >= 4 is 11.7 Å². The molecule has 0 radical (unpaired) electrons. The molecule has 3 aliphatic heterocycles. The summed E-state index contributed by atoms with van der Waals surface area (Å²) in [6.45, 7) is 8.89. The number of likely N-dealkylation sites (tertiary alicyclic amines) is 1. The highest BCUT2D eigenvalue weighted by Crippen LogP contribution is 2.40. The maximum atomic E-state index is 12.8. The Bertz CT molecular complexity index is 648. The molecule has 3 saturated heterocycles. The highest BCUT2D eigenvalue weighted by Gasteiger charge is 2.48. The summed E-state index contributed by atoms with van der Waals surface area (Å²) in [4.78, 5) is 17.5. The third-order valence-corrected chi connectivity index (χ3v) is 6.17. The van der Waals surface area contributed by atoms with E-state index in [-0.39, 0.29) is 12.1 Å². The minimum Gasteiger partial charge on any atom is -0.374 e. The number of ether oxygens (including phenoxy) is 1. The molecule has 4 rings (SSSR count). The van der Waals surface area contributed by atoms with Crippen LogP contribution in [0.5, 0.6) is 0 Å². The first-order chi connectivity index (χ1) is 12.6. The average Bonchev–Trinajstić information content (AvgIpc) is 3.18. The summed E-state index contributed by atoms with van der Waals surface area (Å²) < 4.78 is 5.66. The molecule has 1 aromatic rings. The number of hydrogen-bond acceptors (Lipinski definition) is 3. The van der Waals surface area contributed by atoms with Crippen molar-refractivity contribution in [2.24, 2.45) is 11.8 Å². The summed E-state index contributed by atoms with van der Waals surface area (Å²) >= 11 is 0. The molecule has 2 amide bonds. The van der Waals surface area contributed by atoms with Crippen molar-refractivity contribution in [1.29, 1.82) is 0 Å². The van der Waals surface area contributed by atoms with E-state index in [0.29, 0.717) is 24.5 Å². The minimum atomic E-state index is 0.0451. The summed E-state index contributed by atoms with van der Waals surface area (Å²) in [6.07, 6.45) is 4.21. The van der Waals surface area contributed by atoms with Gasteiger partial charge in [-0.05, 0) is 62.8 Å². The van der Waals surface area contributed by atoms with Crippen molar-refractivity contribution in [1.82, 2.24) is 9.80 Å². The zero-order valence-electron chi connectivity index (χ0n) is 16.0. The molecule has 3 aliphatic rings. The van der Waals surface area contributed by atoms with Crippen molar-refractivity contribution in [2.75, 3.05) is 31.5 Å². The lowest BCUT2D eigenvalue weighted by Gasteiger charge is -2.33. The normalized spacial score (nSPS) is 28.3. The number of urea groups is 1. The molecule has 142 valence electrons. The molecule has 1 N–H and O–H groups in total. The van der Waals surface area contributed by atoms with Crippen LogP contribution in [0.4, 0.5) is 10.5 Å². The molecule has 0 aliphatic carbocycles. The van der Waals surface area contributed by atoms with Gasteiger partial charge in [-0.3, -0.25) is 4.90 Å². The Kier molecular flexibility index (Phi) is 5.18. The van der Waals surface area contributed by atoms with Crippen LogP contribution < -0.4 is 5.32 Å². The summed E-state index contributed by atoms with van der Waals surface area (Å²) in [7, 11) is 0. The monoisotopic (exact) mass is 357 g/mol. The zero-order chi connectivity index (χ0) is 18.1. The molecule has 0 unspecified atom stereocenters. The van der Waals surface area contributed by atoms with Crippen molar-refractivity contribution in [3.63, 3.8) is 0 Å². The van der Waals surface area contributed by atoms with Crippen molar-refractivity contribution in [3.8, 4) is 0 Å². The van der Waals surface area contributed by atoms with Gasteiger partial charge in [0, 0.05) is 31.4 Å². The van der Waals surface area contributed by atoms with E-state index in [1.807, 2.05) is 43.0 Å². The van der Waals surface area contributed by atoms with E-state index in [4.69, 9.17) is 4.74 Å². The number of piperidine rings is 1. The molecule has 5 nitrogen and oxygen atoms in total. The van der Waals surface area contributed by atoms with Crippen LogP contribution >= 0.6 is 0 Å². The van der Waals surface area contributed by atoms with Crippen LogP contribution in [0.1, 0.15) is 38.7 Å². The molecule has 3 atom stereocenters. The van der Waals surface area contributed by atoms with Crippen molar-refractivity contribution < 1.29 is 9.53 Å². The number of carbonyl (C=O) groups excluding carboxylic acids is 1. The molecule has 26 heavy (non-hydrogen) atoms.